The number of rotatable bonds is 20. The number of hydrogen-bond donors (Lipinski definition) is 1. The summed E-state index contributed by atoms with van der Waals surface area (Å²) in [4.78, 5) is 12.4. The van der Waals surface area contributed by atoms with Crippen LogP contribution in [0.4, 0.5) is 10.1 Å². The van der Waals surface area contributed by atoms with E-state index in [9.17, 15) is 9.18 Å². The predicted molar refractivity (Wildman–Crippen MR) is 162 cm³/mol. The molecule has 0 spiro atoms. The van der Waals surface area contributed by atoms with Crippen LogP contribution in [0.3, 0.4) is 0 Å². The lowest BCUT2D eigenvalue weighted by Crippen LogP contribution is -3.00. The van der Waals surface area contributed by atoms with Crippen molar-refractivity contribution >= 4 is 22.9 Å². The second-order valence-corrected chi connectivity index (χ2v) is 11.2. The van der Waals surface area contributed by atoms with E-state index in [0.717, 1.165) is 24.9 Å². The maximum atomic E-state index is 14.5. The number of benzene rings is 2. The third-order valence-corrected chi connectivity index (χ3v) is 7.83. The van der Waals surface area contributed by atoms with Crippen molar-refractivity contribution in [1.29, 1.82) is 0 Å². The van der Waals surface area contributed by atoms with Gasteiger partial charge in [0.1, 0.15) is 5.75 Å². The van der Waals surface area contributed by atoms with Gasteiger partial charge in [-0.15, -0.1) is 0 Å². The molecule has 41 heavy (non-hydrogen) atoms. The number of thiazole rings is 1. The number of nitrogens with one attached hydrogen (secondary N) is 1. The minimum absolute atomic E-state index is 0. The Morgan fingerprint density at radius 3 is 2.22 bits per heavy atom. The molecular weight excluding hydrogens is 603 g/mol. The van der Waals surface area contributed by atoms with Gasteiger partial charge < -0.3 is 31.8 Å². The van der Waals surface area contributed by atoms with Crippen LogP contribution in [0.25, 0.3) is 0 Å². The van der Waals surface area contributed by atoms with Crippen LogP contribution in [-0.2, 0) is 11.3 Å². The van der Waals surface area contributed by atoms with Crippen LogP contribution in [0.15, 0.2) is 53.4 Å². The van der Waals surface area contributed by atoms with E-state index in [1.54, 1.807) is 23.5 Å². The molecule has 3 aromatic rings. The number of aromatic nitrogens is 1. The Morgan fingerprint density at radius 2 is 1.59 bits per heavy atom. The van der Waals surface area contributed by atoms with Gasteiger partial charge >= 0.3 is 0 Å². The highest BCUT2D eigenvalue weighted by molar-refractivity contribution is 7.07. The molecule has 1 N–H and O–H groups in total. The van der Waals surface area contributed by atoms with E-state index >= 15 is 0 Å². The Morgan fingerprint density at radius 1 is 0.902 bits per heavy atom. The van der Waals surface area contributed by atoms with Crippen LogP contribution < -0.4 is 36.3 Å². The summed E-state index contributed by atoms with van der Waals surface area (Å²) in [7, 11) is 0. The minimum atomic E-state index is -0.481. The monoisotopic (exact) mass is 648 g/mol. The number of aryl methyl sites for hydroxylation is 1. The summed E-state index contributed by atoms with van der Waals surface area (Å²) in [5.41, 5.74) is 5.06. The number of carbonyl (C=O) groups excluding carboxylic acids is 1. The van der Waals surface area contributed by atoms with Gasteiger partial charge in [0.05, 0.1) is 12.0 Å². The third kappa shape index (κ3) is 13.8. The zero-order chi connectivity index (χ0) is 28.4. The van der Waals surface area contributed by atoms with Gasteiger partial charge in [0.2, 0.25) is 5.51 Å². The normalized spacial score (nSPS) is 10.7. The fourth-order valence-corrected chi connectivity index (χ4v) is 5.40. The first kappa shape index (κ1) is 34.7. The topological polar surface area (TPSA) is 51.4 Å². The molecule has 226 valence electrons. The summed E-state index contributed by atoms with van der Waals surface area (Å²) >= 11 is 1.66. The molecular formula is C33H46BrFN2O3S. The molecule has 0 radical (unpaired) electrons. The van der Waals surface area contributed by atoms with Crippen molar-refractivity contribution in [2.24, 2.45) is 0 Å². The van der Waals surface area contributed by atoms with Gasteiger partial charge in [-0.05, 0) is 30.7 Å². The molecule has 1 aromatic heterocycles. The number of anilines is 1. The zero-order valence-electron chi connectivity index (χ0n) is 24.6. The van der Waals surface area contributed by atoms with Gasteiger partial charge in [0.25, 0.3) is 5.91 Å². The second-order valence-electron chi connectivity index (χ2n) is 10.5. The van der Waals surface area contributed by atoms with Gasteiger partial charge in [0.15, 0.2) is 30.4 Å². The lowest BCUT2D eigenvalue weighted by atomic mass is 10.1. The number of ether oxygens (including phenoxy) is 2. The highest BCUT2D eigenvalue weighted by atomic mass is 79.9. The summed E-state index contributed by atoms with van der Waals surface area (Å²) in [6.45, 7) is 5.36. The first-order chi connectivity index (χ1) is 19.5. The van der Waals surface area contributed by atoms with Gasteiger partial charge in [-0.3, -0.25) is 4.79 Å². The Kier molecular flexibility index (Phi) is 17.3. The van der Waals surface area contributed by atoms with Gasteiger partial charge in [-0.1, -0.05) is 101 Å². The number of unbranched alkanes of at least 4 members (excludes halogenated alkanes) is 11. The largest absolute Gasteiger partial charge is 1.00 e. The number of carbonyl (C=O) groups is 1. The molecule has 3 rings (SSSR count). The van der Waals surface area contributed by atoms with E-state index in [-0.39, 0.29) is 35.2 Å². The summed E-state index contributed by atoms with van der Waals surface area (Å²) in [5, 5.41) is 4.95. The standard InChI is InChI=1S/C33H45FN2O3S.BrH/c1-3-4-5-6-7-8-9-10-11-12-13-14-20-38-32-19-18-30(22-31(32)34)39-24-33(37)35-29-17-15-16-28(21-29)23-36-26-40-25-27(36)2;/h15-19,21-22,25-26H,3-14,20,23-24H2,1-2H3;1H. The molecule has 0 atom stereocenters. The van der Waals surface area contributed by atoms with E-state index < -0.39 is 5.82 Å². The van der Waals surface area contributed by atoms with E-state index in [4.69, 9.17) is 9.47 Å². The highest BCUT2D eigenvalue weighted by Gasteiger charge is 2.11. The highest BCUT2D eigenvalue weighted by Crippen LogP contribution is 2.23. The van der Waals surface area contributed by atoms with E-state index in [1.807, 2.05) is 24.3 Å². The van der Waals surface area contributed by atoms with Crippen molar-refractivity contribution in [3.05, 3.63) is 70.4 Å². The summed E-state index contributed by atoms with van der Waals surface area (Å²) < 4.78 is 27.8. The SMILES string of the molecule is CCCCCCCCCCCCCCOc1ccc(OCC(=O)Nc2cccc(C[n+]3cscc3C)c2)cc1F.[Br-]. The smallest absolute Gasteiger partial charge is 0.262 e. The van der Waals surface area contributed by atoms with E-state index in [0.29, 0.717) is 18.0 Å². The van der Waals surface area contributed by atoms with E-state index in [2.05, 4.69) is 34.6 Å². The Labute approximate surface area is 260 Å². The molecule has 8 heteroatoms. The fraction of sp³-hybridized carbons (Fsp3) is 0.515. The van der Waals surface area contributed by atoms with Crippen molar-refractivity contribution in [2.75, 3.05) is 18.5 Å². The molecule has 0 aliphatic rings. The van der Waals surface area contributed by atoms with Crippen LogP contribution in [-0.4, -0.2) is 19.1 Å². The van der Waals surface area contributed by atoms with Gasteiger partial charge in [0, 0.05) is 24.2 Å². The first-order valence-corrected chi connectivity index (χ1v) is 15.9. The van der Waals surface area contributed by atoms with Crippen molar-refractivity contribution in [3.8, 4) is 11.5 Å². The van der Waals surface area contributed by atoms with Gasteiger partial charge in [-0.2, -0.15) is 4.57 Å². The van der Waals surface area contributed by atoms with Crippen molar-refractivity contribution in [3.63, 3.8) is 0 Å². The molecule has 0 saturated carbocycles. The van der Waals surface area contributed by atoms with Crippen LogP contribution in [0.2, 0.25) is 0 Å². The number of halogens is 2. The zero-order valence-corrected chi connectivity index (χ0v) is 27.0. The number of amides is 1. The molecule has 1 amide bonds. The average Bonchev–Trinajstić information content (AvgIpc) is 3.35. The molecule has 2 aromatic carbocycles. The maximum Gasteiger partial charge on any atom is 0.262 e. The second kappa shape index (κ2) is 20.4. The summed E-state index contributed by atoms with van der Waals surface area (Å²) in [6, 6.07) is 12.2. The average molecular weight is 650 g/mol. The Bertz CT molecular complexity index is 1160. The molecule has 0 aliphatic heterocycles. The summed E-state index contributed by atoms with van der Waals surface area (Å²) in [5.74, 6) is -0.270. The fourth-order valence-electron chi connectivity index (χ4n) is 4.62. The Balaban J connectivity index is 0.00000588. The first-order valence-electron chi connectivity index (χ1n) is 14.9. The molecule has 0 fully saturated rings. The summed E-state index contributed by atoms with van der Waals surface area (Å²) in [6.07, 6.45) is 15.3. The lowest BCUT2D eigenvalue weighted by molar-refractivity contribution is -0.689. The number of hydrogen-bond acceptors (Lipinski definition) is 4. The predicted octanol–water partition coefficient (Wildman–Crippen LogP) is 5.63. The number of nitrogens with zero attached hydrogens (tertiary/aromatic N) is 1. The lowest BCUT2D eigenvalue weighted by Gasteiger charge is -2.11. The van der Waals surface area contributed by atoms with Crippen molar-refractivity contribution in [1.82, 2.24) is 0 Å². The van der Waals surface area contributed by atoms with Crippen LogP contribution >= 0.6 is 11.3 Å². The van der Waals surface area contributed by atoms with Crippen molar-refractivity contribution < 1.29 is 40.2 Å². The minimum Gasteiger partial charge on any atom is -1.00 e. The maximum absolute atomic E-state index is 14.5. The van der Waals surface area contributed by atoms with Crippen LogP contribution in [0.1, 0.15) is 95.2 Å². The van der Waals surface area contributed by atoms with Crippen LogP contribution in [0.5, 0.6) is 11.5 Å². The van der Waals surface area contributed by atoms with Crippen molar-refractivity contribution in [2.45, 2.75) is 97.4 Å². The Hall–Kier alpha value is -2.45. The molecule has 0 bridgehead atoms. The van der Waals surface area contributed by atoms with Gasteiger partial charge in [-0.25, -0.2) is 4.39 Å². The third-order valence-electron chi connectivity index (χ3n) is 6.97. The molecule has 5 nitrogen and oxygen atoms in total. The van der Waals surface area contributed by atoms with E-state index in [1.165, 1.54) is 76.0 Å². The molecule has 1 heterocycles. The molecule has 0 saturated heterocycles. The molecule has 0 aliphatic carbocycles. The van der Waals surface area contributed by atoms with Crippen LogP contribution in [0, 0.1) is 12.7 Å². The molecule has 0 unspecified atom stereocenters. The quantitative estimate of drug-likeness (QED) is 0.128.